The lowest BCUT2D eigenvalue weighted by molar-refractivity contribution is 0.0743. The van der Waals surface area contributed by atoms with Crippen LogP contribution in [0.1, 0.15) is 53.2 Å². The molecule has 1 aliphatic carbocycles. The summed E-state index contributed by atoms with van der Waals surface area (Å²) in [6.45, 7) is 3.97. The lowest BCUT2D eigenvalue weighted by Crippen LogP contribution is -2.40. The predicted octanol–water partition coefficient (Wildman–Crippen LogP) is 5.51. The number of rotatable bonds is 4. The normalized spacial score (nSPS) is 22.3. The van der Waals surface area contributed by atoms with Gasteiger partial charge in [0.2, 0.25) is 0 Å². The van der Waals surface area contributed by atoms with Gasteiger partial charge in [0, 0.05) is 0 Å². The molecule has 2 aromatic rings. The number of carbonyl (C=O) groups is 1. The highest BCUT2D eigenvalue weighted by Gasteiger charge is 2.43. The first kappa shape index (κ1) is 20.2. The number of fused-ring (bicyclic) bond motifs is 6. The second kappa shape index (κ2) is 7.48. The maximum Gasteiger partial charge on any atom is 0.177 e. The van der Waals surface area contributed by atoms with Crippen LogP contribution in [0.25, 0.3) is 6.08 Å². The Morgan fingerprint density at radius 2 is 2.10 bits per heavy atom. The van der Waals surface area contributed by atoms with E-state index in [-0.39, 0.29) is 30.0 Å². The quantitative estimate of drug-likeness (QED) is 0.582. The van der Waals surface area contributed by atoms with Crippen molar-refractivity contribution < 1.29 is 27.6 Å². The molecule has 3 aliphatic rings. The zero-order chi connectivity index (χ0) is 21.8. The van der Waals surface area contributed by atoms with Crippen molar-refractivity contribution in [3.05, 3.63) is 52.6 Å². The second-order valence-electron chi connectivity index (χ2n) is 8.50. The summed E-state index contributed by atoms with van der Waals surface area (Å²) >= 11 is 0.0922. The SMILES string of the molecule is COc1cc2c(cc1OCSF)[C@@H]1C(=O)c3ccc4c(c3O[C@@H]1CC2)C=CC(C)(C)O4. The molecule has 0 saturated carbocycles. The molecule has 7 heteroatoms. The first-order valence-electron chi connectivity index (χ1n) is 10.2. The van der Waals surface area contributed by atoms with Crippen molar-refractivity contribution in [2.75, 3.05) is 13.0 Å². The van der Waals surface area contributed by atoms with Gasteiger partial charge < -0.3 is 18.9 Å². The average Bonchev–Trinajstić information content (AvgIpc) is 2.75. The summed E-state index contributed by atoms with van der Waals surface area (Å²) in [7, 11) is 1.55. The Morgan fingerprint density at radius 1 is 1.26 bits per heavy atom. The van der Waals surface area contributed by atoms with E-state index in [1.807, 2.05) is 38.1 Å². The Labute approximate surface area is 184 Å². The van der Waals surface area contributed by atoms with E-state index in [0.29, 0.717) is 29.2 Å². The molecule has 0 unspecified atom stereocenters. The maximum absolute atomic E-state index is 13.6. The van der Waals surface area contributed by atoms with Crippen molar-refractivity contribution >= 4 is 24.0 Å². The molecule has 0 aromatic heterocycles. The number of aryl methyl sites for hydroxylation is 1. The van der Waals surface area contributed by atoms with Gasteiger partial charge in [0.05, 0.1) is 36.3 Å². The van der Waals surface area contributed by atoms with Crippen LogP contribution in [0.3, 0.4) is 0 Å². The fraction of sp³-hybridized carbons (Fsp3) is 0.375. The molecule has 0 radical (unpaired) electrons. The van der Waals surface area contributed by atoms with E-state index in [4.69, 9.17) is 18.9 Å². The van der Waals surface area contributed by atoms with E-state index < -0.39 is 11.5 Å². The smallest absolute Gasteiger partial charge is 0.177 e. The van der Waals surface area contributed by atoms with Gasteiger partial charge >= 0.3 is 0 Å². The Morgan fingerprint density at radius 3 is 2.87 bits per heavy atom. The van der Waals surface area contributed by atoms with Crippen molar-refractivity contribution in [1.82, 2.24) is 0 Å². The zero-order valence-corrected chi connectivity index (χ0v) is 18.4. The summed E-state index contributed by atoms with van der Waals surface area (Å²) in [5, 5.41) is 0. The summed E-state index contributed by atoms with van der Waals surface area (Å²) in [5.41, 5.74) is 2.85. The van der Waals surface area contributed by atoms with Crippen LogP contribution in [-0.4, -0.2) is 30.5 Å². The molecule has 2 aliphatic heterocycles. The minimum absolute atomic E-state index is 0.0178. The van der Waals surface area contributed by atoms with Gasteiger partial charge in [-0.25, -0.2) is 0 Å². The topological polar surface area (TPSA) is 54.0 Å². The van der Waals surface area contributed by atoms with Crippen molar-refractivity contribution in [1.29, 1.82) is 0 Å². The number of Topliss-reactive ketones (excluding diaryl/α,β-unsaturated/α-hetero) is 1. The highest BCUT2D eigenvalue weighted by molar-refractivity contribution is 7.94. The molecule has 31 heavy (non-hydrogen) atoms. The molecule has 2 atom stereocenters. The summed E-state index contributed by atoms with van der Waals surface area (Å²) in [4.78, 5) is 13.6. The van der Waals surface area contributed by atoms with Crippen LogP contribution in [0, 0.1) is 0 Å². The van der Waals surface area contributed by atoms with E-state index in [2.05, 4.69) is 0 Å². The molecule has 5 nitrogen and oxygen atoms in total. The minimum atomic E-state index is -0.439. The number of methoxy groups -OCH3 is 1. The lowest BCUT2D eigenvalue weighted by atomic mass is 9.74. The fourth-order valence-electron chi connectivity index (χ4n) is 4.65. The van der Waals surface area contributed by atoms with Gasteiger partial charge in [0.15, 0.2) is 23.2 Å². The van der Waals surface area contributed by atoms with Crippen LogP contribution in [0.4, 0.5) is 3.89 Å². The molecule has 5 rings (SSSR count). The number of halogens is 1. The minimum Gasteiger partial charge on any atom is -0.493 e. The molecule has 0 N–H and O–H groups in total. The average molecular weight is 443 g/mol. The van der Waals surface area contributed by atoms with Gasteiger partial charge in [-0.3, -0.25) is 4.79 Å². The summed E-state index contributed by atoms with van der Waals surface area (Å²) in [5.74, 6) is 1.71. The molecule has 2 aromatic carbocycles. The molecular weight excluding hydrogens is 419 g/mol. The fourth-order valence-corrected chi connectivity index (χ4v) is 4.82. The molecule has 162 valence electrons. The van der Waals surface area contributed by atoms with Gasteiger partial charge in [-0.2, -0.15) is 3.89 Å². The number of ether oxygens (including phenoxy) is 4. The first-order chi connectivity index (χ1) is 14.9. The standard InChI is InChI=1S/C24H23FO5S/c1-24(2)9-8-14-17(30-24)7-5-15-22(26)21-16-11-20(28-12-31-25)19(27-3)10-13(16)4-6-18(21)29-23(14)15/h5,7-11,18,21H,4,6,12H2,1-3H3/t18-,21+/m1/s1. The van der Waals surface area contributed by atoms with Gasteiger partial charge in [-0.15, -0.1) is 0 Å². The summed E-state index contributed by atoms with van der Waals surface area (Å²) < 4.78 is 36.0. The molecule has 0 fully saturated rings. The number of hydrogen-bond donors (Lipinski definition) is 0. The van der Waals surface area contributed by atoms with Gasteiger partial charge in [-0.05, 0) is 74.2 Å². The van der Waals surface area contributed by atoms with Crippen LogP contribution in [0.15, 0.2) is 30.3 Å². The van der Waals surface area contributed by atoms with Crippen LogP contribution in [0.2, 0.25) is 0 Å². The maximum atomic E-state index is 13.6. The molecule has 0 bridgehead atoms. The summed E-state index contributed by atoms with van der Waals surface area (Å²) in [6.07, 6.45) is 5.14. The number of carbonyl (C=O) groups excluding carboxylic acids is 1. The number of benzene rings is 2. The van der Waals surface area contributed by atoms with Gasteiger partial charge in [0.1, 0.15) is 23.2 Å². The van der Waals surface area contributed by atoms with Crippen LogP contribution < -0.4 is 18.9 Å². The summed E-state index contributed by atoms with van der Waals surface area (Å²) in [6, 6.07) is 7.32. The van der Waals surface area contributed by atoms with Gasteiger partial charge in [0.25, 0.3) is 0 Å². The molecular formula is C24H23FO5S. The van der Waals surface area contributed by atoms with Crippen LogP contribution in [0.5, 0.6) is 23.0 Å². The van der Waals surface area contributed by atoms with E-state index >= 15 is 0 Å². The molecule has 0 amide bonds. The largest absolute Gasteiger partial charge is 0.493 e. The van der Waals surface area contributed by atoms with Crippen LogP contribution >= 0.6 is 12.1 Å². The third kappa shape index (κ3) is 3.35. The van der Waals surface area contributed by atoms with Crippen molar-refractivity contribution in [3.8, 4) is 23.0 Å². The third-order valence-electron chi connectivity index (χ3n) is 6.09. The molecule has 2 heterocycles. The van der Waals surface area contributed by atoms with Crippen molar-refractivity contribution in [2.24, 2.45) is 0 Å². The lowest BCUT2D eigenvalue weighted by Gasteiger charge is -2.39. The highest BCUT2D eigenvalue weighted by Crippen LogP contribution is 2.49. The Kier molecular flexibility index (Phi) is 4.88. The van der Waals surface area contributed by atoms with Crippen molar-refractivity contribution in [2.45, 2.75) is 44.3 Å². The number of hydrogen-bond acceptors (Lipinski definition) is 6. The van der Waals surface area contributed by atoms with Crippen molar-refractivity contribution in [3.63, 3.8) is 0 Å². The Hall–Kier alpha value is -2.67. The van der Waals surface area contributed by atoms with Crippen LogP contribution in [-0.2, 0) is 6.42 Å². The first-order valence-corrected chi connectivity index (χ1v) is 11.1. The second-order valence-corrected chi connectivity index (χ2v) is 8.96. The monoisotopic (exact) mass is 442 g/mol. The van der Waals surface area contributed by atoms with E-state index in [0.717, 1.165) is 28.9 Å². The highest BCUT2D eigenvalue weighted by atomic mass is 32.2. The van der Waals surface area contributed by atoms with E-state index in [1.165, 1.54) is 0 Å². The zero-order valence-electron chi connectivity index (χ0n) is 17.6. The molecule has 0 saturated heterocycles. The number of ketones is 1. The van der Waals surface area contributed by atoms with Gasteiger partial charge in [-0.1, -0.05) is 0 Å². The Balaban J connectivity index is 1.57. The predicted molar refractivity (Wildman–Crippen MR) is 117 cm³/mol. The third-order valence-corrected chi connectivity index (χ3v) is 6.29. The molecule has 0 spiro atoms. The Bertz CT molecular complexity index is 1090. The van der Waals surface area contributed by atoms with E-state index in [1.54, 1.807) is 19.2 Å². The van der Waals surface area contributed by atoms with E-state index in [9.17, 15) is 8.68 Å².